The average Bonchev–Trinajstić information content (AvgIpc) is 3.32. The summed E-state index contributed by atoms with van der Waals surface area (Å²) >= 11 is 1.52. The van der Waals surface area contributed by atoms with E-state index in [0.717, 1.165) is 49.4 Å². The molecule has 0 amide bonds. The van der Waals surface area contributed by atoms with Crippen LogP contribution in [0.2, 0.25) is 19.6 Å². The van der Waals surface area contributed by atoms with Gasteiger partial charge in [0, 0.05) is 29.4 Å². The van der Waals surface area contributed by atoms with E-state index < -0.39 is 8.07 Å². The Kier molecular flexibility index (Phi) is 3.79. The minimum Gasteiger partial charge on any atom is -0.372 e. The van der Waals surface area contributed by atoms with Crippen LogP contribution in [0.25, 0.3) is 22.3 Å². The number of carbonyl (C=O) groups excluding carboxylic acids is 1. The zero-order valence-corrected chi connectivity index (χ0v) is 18.2. The molecule has 0 fully saturated rings. The number of ether oxygens (including phenoxy) is 1. The third-order valence-electron chi connectivity index (χ3n) is 5.34. The summed E-state index contributed by atoms with van der Waals surface area (Å²) < 4.78 is 5.90. The number of thiophene rings is 1. The van der Waals surface area contributed by atoms with Gasteiger partial charge in [-0.2, -0.15) is 0 Å². The summed E-state index contributed by atoms with van der Waals surface area (Å²) in [4.78, 5) is 14.1. The van der Waals surface area contributed by atoms with Gasteiger partial charge in [0.25, 0.3) is 0 Å². The highest BCUT2D eigenvalue weighted by Crippen LogP contribution is 2.52. The van der Waals surface area contributed by atoms with Crippen LogP contribution >= 0.6 is 11.3 Å². The number of methoxy groups -OCH3 is 1. The predicted octanol–water partition coefficient (Wildman–Crippen LogP) is 5.90. The van der Waals surface area contributed by atoms with E-state index in [1.807, 2.05) is 17.5 Å². The first-order valence-corrected chi connectivity index (χ1v) is 13.8. The van der Waals surface area contributed by atoms with E-state index in [1.54, 1.807) is 7.11 Å². The Balaban J connectivity index is 1.90. The molecule has 1 atom stereocenters. The maximum absolute atomic E-state index is 13.3. The van der Waals surface area contributed by atoms with Crippen LogP contribution in [-0.4, -0.2) is 21.0 Å². The van der Waals surface area contributed by atoms with Gasteiger partial charge in [-0.25, -0.2) is 0 Å². The average molecular weight is 401 g/mol. The summed E-state index contributed by atoms with van der Waals surface area (Å²) in [7, 11) is 0.139. The van der Waals surface area contributed by atoms with Crippen LogP contribution in [0.5, 0.6) is 0 Å². The molecule has 28 heavy (non-hydrogen) atoms. The normalized spacial score (nSPS) is 16.1. The minimum absolute atomic E-state index is 0.112. The van der Waals surface area contributed by atoms with Gasteiger partial charge in [-0.15, -0.1) is 16.9 Å². The molecule has 0 saturated carbocycles. The molecule has 2 nitrogen and oxygen atoms in total. The number of carbonyl (C=O) groups is 1. The van der Waals surface area contributed by atoms with Crippen molar-refractivity contribution in [3.63, 3.8) is 0 Å². The largest absolute Gasteiger partial charge is 0.372 e. The van der Waals surface area contributed by atoms with Gasteiger partial charge in [-0.3, -0.25) is 4.79 Å². The fourth-order valence-corrected chi connectivity index (χ4v) is 5.56. The van der Waals surface area contributed by atoms with Gasteiger partial charge in [0.05, 0.1) is 4.88 Å². The second-order valence-electron chi connectivity index (χ2n) is 8.33. The molecule has 2 aliphatic carbocycles. The minimum atomic E-state index is -1.61. The van der Waals surface area contributed by atoms with Gasteiger partial charge in [0.1, 0.15) is 14.2 Å². The molecular weight excluding hydrogens is 380 g/mol. The first-order chi connectivity index (χ1) is 13.4. The van der Waals surface area contributed by atoms with Gasteiger partial charge in [0.15, 0.2) is 0 Å². The molecule has 4 heteroatoms. The van der Waals surface area contributed by atoms with E-state index in [9.17, 15) is 4.79 Å². The fourth-order valence-electron chi connectivity index (χ4n) is 4.21. The maximum Gasteiger partial charge on any atom is 0.205 e. The Bertz CT molecular complexity index is 1220. The van der Waals surface area contributed by atoms with E-state index in [1.165, 1.54) is 11.3 Å². The standard InChI is InChI=1S/C24H20O2SSi/c1-26-23-15-8-6-5-7-14(15)20-17(10-12-28(2,3)4)21-18(13-19(20)23)16-9-11-27-24(16)22(21)25/h5-9,11,13,23H,1-4H3. The maximum atomic E-state index is 13.3. The lowest BCUT2D eigenvalue weighted by atomic mass is 9.91. The second-order valence-corrected chi connectivity index (χ2v) is 14.0. The third-order valence-corrected chi connectivity index (χ3v) is 7.13. The van der Waals surface area contributed by atoms with Crippen molar-refractivity contribution in [3.05, 3.63) is 68.9 Å². The number of hydrogen-bond acceptors (Lipinski definition) is 3. The van der Waals surface area contributed by atoms with E-state index >= 15 is 0 Å². The van der Waals surface area contributed by atoms with Crippen LogP contribution in [0.1, 0.15) is 38.0 Å². The Morgan fingerprint density at radius 2 is 1.79 bits per heavy atom. The van der Waals surface area contributed by atoms with Gasteiger partial charge < -0.3 is 4.74 Å². The van der Waals surface area contributed by atoms with Crippen LogP contribution in [0.3, 0.4) is 0 Å². The summed E-state index contributed by atoms with van der Waals surface area (Å²) in [5, 5.41) is 1.99. The number of rotatable bonds is 1. The molecule has 0 spiro atoms. The first kappa shape index (κ1) is 17.6. The quantitative estimate of drug-likeness (QED) is 0.293. The Morgan fingerprint density at radius 3 is 2.54 bits per heavy atom. The number of benzene rings is 2. The van der Waals surface area contributed by atoms with Gasteiger partial charge >= 0.3 is 0 Å². The van der Waals surface area contributed by atoms with Crippen LogP contribution < -0.4 is 0 Å². The van der Waals surface area contributed by atoms with E-state index in [4.69, 9.17) is 4.74 Å². The molecule has 2 aromatic carbocycles. The van der Waals surface area contributed by atoms with Crippen molar-refractivity contribution in [2.75, 3.05) is 7.11 Å². The smallest absolute Gasteiger partial charge is 0.205 e. The third kappa shape index (κ3) is 2.41. The van der Waals surface area contributed by atoms with Crippen molar-refractivity contribution < 1.29 is 9.53 Å². The number of hydrogen-bond donors (Lipinski definition) is 0. The molecule has 1 heterocycles. The predicted molar refractivity (Wildman–Crippen MR) is 118 cm³/mol. The fraction of sp³-hybridized carbons (Fsp3) is 0.208. The molecule has 0 radical (unpaired) electrons. The Labute approximate surface area is 170 Å². The molecule has 0 aliphatic heterocycles. The van der Waals surface area contributed by atoms with Crippen molar-refractivity contribution in [2.24, 2.45) is 0 Å². The van der Waals surface area contributed by atoms with E-state index in [-0.39, 0.29) is 11.9 Å². The zero-order chi connectivity index (χ0) is 19.6. The van der Waals surface area contributed by atoms with Gasteiger partial charge in [-0.1, -0.05) is 49.8 Å². The Morgan fingerprint density at radius 1 is 1.00 bits per heavy atom. The summed E-state index contributed by atoms with van der Waals surface area (Å²) in [5.74, 6) is 3.58. The highest BCUT2D eigenvalue weighted by atomic mass is 32.1. The summed E-state index contributed by atoms with van der Waals surface area (Å²) in [6.07, 6.45) is -0.123. The highest BCUT2D eigenvalue weighted by molar-refractivity contribution is 7.13. The van der Waals surface area contributed by atoms with Crippen molar-refractivity contribution in [1.82, 2.24) is 0 Å². The van der Waals surface area contributed by atoms with Crippen LogP contribution in [-0.2, 0) is 4.74 Å². The molecule has 1 unspecified atom stereocenters. The van der Waals surface area contributed by atoms with Crippen molar-refractivity contribution in [2.45, 2.75) is 25.7 Å². The summed E-state index contributed by atoms with van der Waals surface area (Å²) in [6.45, 7) is 6.69. The van der Waals surface area contributed by atoms with Gasteiger partial charge in [0.2, 0.25) is 5.78 Å². The van der Waals surface area contributed by atoms with E-state index in [0.29, 0.717) is 0 Å². The summed E-state index contributed by atoms with van der Waals surface area (Å²) in [5.41, 5.74) is 11.7. The molecule has 2 aliphatic rings. The molecule has 0 bridgehead atoms. The first-order valence-electron chi connectivity index (χ1n) is 9.39. The van der Waals surface area contributed by atoms with Crippen LogP contribution in [0.15, 0.2) is 41.8 Å². The molecule has 1 aromatic heterocycles. The van der Waals surface area contributed by atoms with Gasteiger partial charge in [-0.05, 0) is 39.8 Å². The zero-order valence-electron chi connectivity index (χ0n) is 16.3. The van der Waals surface area contributed by atoms with Crippen molar-refractivity contribution in [3.8, 4) is 33.7 Å². The topological polar surface area (TPSA) is 26.3 Å². The number of ketones is 1. The second kappa shape index (κ2) is 6.02. The lowest BCUT2D eigenvalue weighted by Crippen LogP contribution is -2.16. The van der Waals surface area contributed by atoms with Crippen molar-refractivity contribution >= 4 is 25.2 Å². The lowest BCUT2D eigenvalue weighted by Gasteiger charge is -2.14. The molecule has 0 saturated heterocycles. The van der Waals surface area contributed by atoms with E-state index in [2.05, 4.69) is 55.4 Å². The molecule has 0 N–H and O–H groups in total. The van der Waals surface area contributed by atoms with Crippen molar-refractivity contribution in [1.29, 1.82) is 0 Å². The molecule has 3 aromatic rings. The van der Waals surface area contributed by atoms with Crippen LogP contribution in [0.4, 0.5) is 0 Å². The molecule has 5 rings (SSSR count). The number of fused-ring (bicyclic) bond motifs is 6. The SMILES string of the molecule is COC1c2ccccc2-c2c1cc1c(c2C#C[Si](C)(C)C)C(=O)c2sccc2-1. The molecular formula is C24H20O2SSi. The molecule has 138 valence electrons. The monoisotopic (exact) mass is 400 g/mol. The summed E-state index contributed by atoms with van der Waals surface area (Å²) in [6, 6.07) is 12.5. The van der Waals surface area contributed by atoms with Crippen LogP contribution in [0, 0.1) is 11.5 Å². The lowest BCUT2D eigenvalue weighted by molar-refractivity contribution is 0.104. The Hall–Kier alpha value is -2.45. The highest BCUT2D eigenvalue weighted by Gasteiger charge is 2.38.